The Balaban J connectivity index is 3.49. The maximum absolute atomic E-state index is 10.0. The zero-order valence-corrected chi connectivity index (χ0v) is 5.07. The normalized spacial score (nSPS) is 8.50. The molecule has 0 bridgehead atoms. The molecular weight excluding hydrogens is 140 g/mol. The van der Waals surface area contributed by atoms with E-state index in [1.165, 1.54) is 0 Å². The van der Waals surface area contributed by atoms with E-state index in [0.29, 0.717) is 0 Å². The summed E-state index contributed by atoms with van der Waals surface area (Å²) < 4.78 is 0. The fraction of sp³-hybridized carbons (Fsp3) is 0.333. The molecule has 0 aliphatic heterocycles. The van der Waals surface area contributed by atoms with Gasteiger partial charge in [-0.2, -0.15) is 5.06 Å². The molecule has 0 saturated carbocycles. The molecule has 0 heterocycles. The van der Waals surface area contributed by atoms with E-state index in [9.17, 15) is 9.59 Å². The summed E-state index contributed by atoms with van der Waals surface area (Å²) in [5.41, 5.74) is 9.17. The highest BCUT2D eigenvalue weighted by Crippen LogP contribution is 1.74. The van der Waals surface area contributed by atoms with Crippen LogP contribution in [0.4, 0.5) is 9.59 Å². The van der Waals surface area contributed by atoms with Gasteiger partial charge < -0.3 is 16.8 Å². The van der Waals surface area contributed by atoms with Gasteiger partial charge in [0, 0.05) is 0 Å². The van der Waals surface area contributed by atoms with E-state index >= 15 is 0 Å². The Hall–Kier alpha value is -1.50. The standard InChI is InChI=1S/C3H8N4O3/c4-2(8)6-1-7(10)3(5)9/h10H,1H2,(H2,5,9)(H3,4,6,8). The van der Waals surface area contributed by atoms with Gasteiger partial charge in [0.1, 0.15) is 6.67 Å². The van der Waals surface area contributed by atoms with Crippen LogP contribution in [0.2, 0.25) is 0 Å². The maximum Gasteiger partial charge on any atom is 0.340 e. The number of rotatable bonds is 2. The zero-order valence-electron chi connectivity index (χ0n) is 5.07. The van der Waals surface area contributed by atoms with Crippen molar-refractivity contribution in [2.24, 2.45) is 11.5 Å². The van der Waals surface area contributed by atoms with Gasteiger partial charge in [-0.15, -0.1) is 0 Å². The first kappa shape index (κ1) is 8.50. The molecule has 0 aromatic carbocycles. The lowest BCUT2D eigenvalue weighted by Gasteiger charge is -2.10. The Labute approximate surface area is 56.5 Å². The summed E-state index contributed by atoms with van der Waals surface area (Å²) in [6.07, 6.45) is 0. The summed E-state index contributed by atoms with van der Waals surface area (Å²) in [5.74, 6) is 0. The van der Waals surface area contributed by atoms with Gasteiger partial charge >= 0.3 is 12.1 Å². The third-order valence-corrected chi connectivity index (χ3v) is 0.657. The molecule has 6 N–H and O–H groups in total. The summed E-state index contributed by atoms with van der Waals surface area (Å²) in [6.45, 7) is -0.412. The van der Waals surface area contributed by atoms with Gasteiger partial charge in [0.2, 0.25) is 0 Å². The van der Waals surface area contributed by atoms with Crippen LogP contribution in [0.3, 0.4) is 0 Å². The van der Waals surface area contributed by atoms with E-state index in [2.05, 4.69) is 11.5 Å². The number of nitrogens with two attached hydrogens (primary N) is 2. The minimum Gasteiger partial charge on any atom is -0.352 e. The molecule has 0 fully saturated rings. The second kappa shape index (κ2) is 3.51. The van der Waals surface area contributed by atoms with Crippen molar-refractivity contribution in [1.82, 2.24) is 10.4 Å². The number of hydroxylamine groups is 2. The number of primary amides is 2. The minimum atomic E-state index is -1.06. The Bertz CT molecular complexity index is 147. The van der Waals surface area contributed by atoms with Crippen molar-refractivity contribution in [2.45, 2.75) is 0 Å². The molecule has 0 aromatic heterocycles. The van der Waals surface area contributed by atoms with Crippen LogP contribution in [0, 0.1) is 0 Å². The number of nitrogens with zero attached hydrogens (tertiary/aromatic N) is 1. The average molecular weight is 148 g/mol. The van der Waals surface area contributed by atoms with Crippen molar-refractivity contribution in [1.29, 1.82) is 0 Å². The first-order chi connectivity index (χ1) is 4.54. The monoisotopic (exact) mass is 148 g/mol. The Morgan fingerprint density at radius 3 is 2.30 bits per heavy atom. The van der Waals surface area contributed by atoms with Crippen LogP contribution < -0.4 is 16.8 Å². The van der Waals surface area contributed by atoms with Gasteiger partial charge in [-0.05, 0) is 0 Å². The zero-order chi connectivity index (χ0) is 8.15. The molecule has 58 valence electrons. The summed E-state index contributed by atoms with van der Waals surface area (Å²) in [4.78, 5) is 20.0. The average Bonchev–Trinajstić information content (AvgIpc) is 1.82. The molecular formula is C3H8N4O3. The summed E-state index contributed by atoms with van der Waals surface area (Å²) in [6, 6.07) is -1.91. The van der Waals surface area contributed by atoms with Crippen molar-refractivity contribution in [3.05, 3.63) is 0 Å². The maximum atomic E-state index is 10.0. The topological polar surface area (TPSA) is 122 Å². The Morgan fingerprint density at radius 1 is 1.50 bits per heavy atom. The number of hydrogen-bond donors (Lipinski definition) is 4. The van der Waals surface area contributed by atoms with Crippen LogP contribution >= 0.6 is 0 Å². The van der Waals surface area contributed by atoms with Crippen molar-refractivity contribution in [2.75, 3.05) is 6.67 Å². The summed E-state index contributed by atoms with van der Waals surface area (Å²) >= 11 is 0. The van der Waals surface area contributed by atoms with Crippen LogP contribution in [0.25, 0.3) is 0 Å². The van der Waals surface area contributed by atoms with Crippen molar-refractivity contribution < 1.29 is 14.8 Å². The van der Waals surface area contributed by atoms with Crippen LogP contribution in [0.5, 0.6) is 0 Å². The van der Waals surface area contributed by atoms with Crippen LogP contribution in [0.15, 0.2) is 0 Å². The number of hydrogen-bond acceptors (Lipinski definition) is 3. The molecule has 0 spiro atoms. The van der Waals surface area contributed by atoms with Gasteiger partial charge in [-0.25, -0.2) is 9.59 Å². The van der Waals surface area contributed by atoms with Crippen LogP contribution in [0.1, 0.15) is 0 Å². The molecule has 7 heteroatoms. The molecule has 0 atom stereocenters. The van der Waals surface area contributed by atoms with E-state index in [-0.39, 0.29) is 5.06 Å². The number of carbonyl (C=O) groups excluding carboxylic acids is 2. The predicted molar refractivity (Wildman–Crippen MR) is 30.8 cm³/mol. The Kier molecular flexibility index (Phi) is 2.98. The number of urea groups is 2. The molecule has 0 radical (unpaired) electrons. The second-order valence-electron chi connectivity index (χ2n) is 1.44. The molecule has 0 unspecified atom stereocenters. The molecule has 0 saturated heterocycles. The predicted octanol–water partition coefficient (Wildman–Crippen LogP) is -1.62. The third kappa shape index (κ3) is 3.50. The van der Waals surface area contributed by atoms with E-state index in [4.69, 9.17) is 5.21 Å². The molecule has 7 nitrogen and oxygen atoms in total. The van der Waals surface area contributed by atoms with Gasteiger partial charge in [-0.3, -0.25) is 5.21 Å². The van der Waals surface area contributed by atoms with E-state index < -0.39 is 18.7 Å². The fourth-order valence-electron chi connectivity index (χ4n) is 0.231. The van der Waals surface area contributed by atoms with Crippen LogP contribution in [-0.2, 0) is 0 Å². The second-order valence-corrected chi connectivity index (χ2v) is 1.44. The van der Waals surface area contributed by atoms with E-state index in [0.717, 1.165) is 0 Å². The largest absolute Gasteiger partial charge is 0.352 e. The summed E-state index contributed by atoms with van der Waals surface area (Å²) in [7, 11) is 0. The fourth-order valence-corrected chi connectivity index (χ4v) is 0.231. The highest BCUT2D eigenvalue weighted by atomic mass is 16.5. The molecule has 0 rings (SSSR count). The Morgan fingerprint density at radius 2 is 2.00 bits per heavy atom. The van der Waals surface area contributed by atoms with Crippen molar-refractivity contribution >= 4 is 12.1 Å². The highest BCUT2D eigenvalue weighted by Gasteiger charge is 2.03. The molecule has 0 aliphatic carbocycles. The summed E-state index contributed by atoms with van der Waals surface area (Å²) in [5, 5.41) is 10.5. The molecule has 4 amide bonds. The lowest BCUT2D eigenvalue weighted by Crippen LogP contribution is -2.43. The smallest absolute Gasteiger partial charge is 0.340 e. The van der Waals surface area contributed by atoms with Crippen molar-refractivity contribution in [3.63, 3.8) is 0 Å². The molecule has 0 aromatic rings. The quantitative estimate of drug-likeness (QED) is 0.214. The highest BCUT2D eigenvalue weighted by molar-refractivity contribution is 5.73. The third-order valence-electron chi connectivity index (χ3n) is 0.657. The molecule has 0 aliphatic rings. The number of amides is 4. The lowest BCUT2D eigenvalue weighted by molar-refractivity contribution is -0.0425. The minimum absolute atomic E-state index is 0.116. The van der Waals surface area contributed by atoms with Gasteiger partial charge in [0.25, 0.3) is 0 Å². The number of carbonyl (C=O) groups is 2. The first-order valence-electron chi connectivity index (χ1n) is 2.33. The van der Waals surface area contributed by atoms with Crippen molar-refractivity contribution in [3.8, 4) is 0 Å². The lowest BCUT2D eigenvalue weighted by atomic mass is 10.8. The van der Waals surface area contributed by atoms with Gasteiger partial charge in [0.05, 0.1) is 0 Å². The SMILES string of the molecule is NC(=O)NCN(O)C(N)=O. The van der Waals surface area contributed by atoms with Crippen LogP contribution in [-0.4, -0.2) is 29.0 Å². The first-order valence-corrected chi connectivity index (χ1v) is 2.33. The van der Waals surface area contributed by atoms with E-state index in [1.807, 2.05) is 5.32 Å². The van der Waals surface area contributed by atoms with Gasteiger partial charge in [0.15, 0.2) is 0 Å². The molecule has 10 heavy (non-hydrogen) atoms. The number of nitrogens with one attached hydrogen (secondary N) is 1. The van der Waals surface area contributed by atoms with Gasteiger partial charge in [-0.1, -0.05) is 0 Å². The van der Waals surface area contributed by atoms with E-state index in [1.54, 1.807) is 0 Å².